The molecule has 1 heterocycles. The van der Waals surface area contributed by atoms with E-state index in [1.54, 1.807) is 18.3 Å². The Bertz CT molecular complexity index is 287. The summed E-state index contributed by atoms with van der Waals surface area (Å²) in [4.78, 5) is 16.7. The van der Waals surface area contributed by atoms with Crippen molar-refractivity contribution in [1.82, 2.24) is 4.98 Å². The summed E-state index contributed by atoms with van der Waals surface area (Å²) in [5.74, 6) is 0.266. The third kappa shape index (κ3) is 3.36. The van der Waals surface area contributed by atoms with Crippen molar-refractivity contribution < 1.29 is 35.9 Å². The molecule has 0 atom stereocenters. The number of rotatable bonds is 2. The van der Waals surface area contributed by atoms with E-state index in [0.29, 0.717) is 5.82 Å². The van der Waals surface area contributed by atoms with Gasteiger partial charge in [0, 0.05) is 11.9 Å². The van der Waals surface area contributed by atoms with Gasteiger partial charge in [0.2, 0.25) is 0 Å². The molecule has 1 rings (SSSR count). The molecule has 1 amide bonds. The van der Waals surface area contributed by atoms with Crippen molar-refractivity contribution in [3.63, 3.8) is 0 Å². The smallest absolute Gasteiger partial charge is 0.336 e. The van der Waals surface area contributed by atoms with Crippen molar-refractivity contribution in [3.05, 3.63) is 31.3 Å². The molecule has 1 aromatic heterocycles. The van der Waals surface area contributed by atoms with Crippen LogP contribution < -0.4 is 4.90 Å². The van der Waals surface area contributed by atoms with Gasteiger partial charge in [0.25, 0.3) is 0 Å². The Hall–Kier alpha value is -0.458. The molecule has 0 aliphatic carbocycles. The summed E-state index contributed by atoms with van der Waals surface area (Å²) in [6, 6.07) is 6.42. The molecule has 0 saturated heterocycles. The summed E-state index contributed by atoms with van der Waals surface area (Å²) in [6.45, 7) is 7.18. The molecule has 4 heteroatoms. The second-order valence-electron chi connectivity index (χ2n) is 2.96. The first kappa shape index (κ1) is 13.5. The molecule has 0 saturated carbocycles. The number of carbonyl (C=O) groups is 1. The summed E-state index contributed by atoms with van der Waals surface area (Å²) < 4.78 is 0. The SMILES string of the molecule is [CH2-]C(=O)N(c1[c-]cccn1)C(C)C.[U+2]. The van der Waals surface area contributed by atoms with Crippen LogP contribution in [-0.4, -0.2) is 16.9 Å². The van der Waals surface area contributed by atoms with Crippen molar-refractivity contribution >= 4 is 11.7 Å². The van der Waals surface area contributed by atoms with E-state index in [9.17, 15) is 4.79 Å². The molecular formula is C10H12N2OU. The van der Waals surface area contributed by atoms with E-state index in [4.69, 9.17) is 0 Å². The standard InChI is InChI=1S/C10H12N2O.U/c1-8(2)12(9(3)13)10-6-4-5-7-11-10;/h4-5,7-8H,3H2,1-2H3;/q-2;+2. The zero-order valence-corrected chi connectivity index (χ0v) is 12.5. The van der Waals surface area contributed by atoms with Crippen LogP contribution in [0.25, 0.3) is 0 Å². The Morgan fingerprint density at radius 3 is 2.64 bits per heavy atom. The summed E-state index contributed by atoms with van der Waals surface area (Å²) in [5, 5.41) is 0. The van der Waals surface area contributed by atoms with Crippen LogP contribution >= 0.6 is 0 Å². The second-order valence-corrected chi connectivity index (χ2v) is 2.96. The summed E-state index contributed by atoms with van der Waals surface area (Å²) in [7, 11) is 0. The average molecular weight is 414 g/mol. The summed E-state index contributed by atoms with van der Waals surface area (Å²) in [5.41, 5.74) is 0. The van der Waals surface area contributed by atoms with Gasteiger partial charge in [0.1, 0.15) is 0 Å². The van der Waals surface area contributed by atoms with E-state index in [-0.39, 0.29) is 43.1 Å². The molecule has 0 aliphatic rings. The van der Waals surface area contributed by atoms with Crippen LogP contribution in [0.2, 0.25) is 0 Å². The van der Waals surface area contributed by atoms with E-state index in [2.05, 4.69) is 18.0 Å². The van der Waals surface area contributed by atoms with E-state index in [0.717, 1.165) is 0 Å². The first-order valence-electron chi connectivity index (χ1n) is 4.10. The van der Waals surface area contributed by atoms with Crippen molar-refractivity contribution in [3.8, 4) is 0 Å². The Kier molecular flexibility index (Phi) is 5.91. The van der Waals surface area contributed by atoms with Crippen LogP contribution in [0, 0.1) is 44.1 Å². The van der Waals surface area contributed by atoms with Gasteiger partial charge in [-0.1, -0.05) is 6.20 Å². The van der Waals surface area contributed by atoms with Crippen molar-refractivity contribution in [1.29, 1.82) is 0 Å². The fraction of sp³-hybridized carbons (Fsp3) is 0.300. The molecule has 0 spiro atoms. The topological polar surface area (TPSA) is 33.2 Å². The molecule has 72 valence electrons. The number of nitrogens with zero attached hydrogens (tertiary/aromatic N) is 2. The normalized spacial score (nSPS) is 9.36. The quantitative estimate of drug-likeness (QED) is 0.687. The number of hydrogen-bond donors (Lipinski definition) is 0. The number of pyridine rings is 1. The fourth-order valence-electron chi connectivity index (χ4n) is 1.10. The van der Waals surface area contributed by atoms with Gasteiger partial charge in [0.05, 0.1) is 5.91 Å². The second kappa shape index (κ2) is 6.11. The van der Waals surface area contributed by atoms with Crippen LogP contribution in [-0.2, 0) is 4.79 Å². The summed E-state index contributed by atoms with van der Waals surface area (Å²) >= 11 is 0. The van der Waals surface area contributed by atoms with Crippen LogP contribution in [0.4, 0.5) is 5.82 Å². The molecule has 0 unspecified atom stereocenters. The van der Waals surface area contributed by atoms with Crippen LogP contribution in [0.3, 0.4) is 0 Å². The Balaban J connectivity index is 0.00000169. The van der Waals surface area contributed by atoms with Gasteiger partial charge < -0.3 is 16.6 Å². The molecule has 0 aliphatic heterocycles. The Morgan fingerprint density at radius 1 is 1.64 bits per heavy atom. The first-order valence-corrected chi connectivity index (χ1v) is 4.10. The molecule has 3 nitrogen and oxygen atoms in total. The van der Waals surface area contributed by atoms with Crippen LogP contribution in [0.1, 0.15) is 13.8 Å². The minimum atomic E-state index is -0.259. The van der Waals surface area contributed by atoms with Crippen molar-refractivity contribution in [2.45, 2.75) is 19.9 Å². The molecule has 14 heavy (non-hydrogen) atoms. The van der Waals surface area contributed by atoms with Gasteiger partial charge >= 0.3 is 31.1 Å². The molecule has 0 aromatic carbocycles. The average Bonchev–Trinajstić information content (AvgIpc) is 2.04. The first-order chi connectivity index (χ1) is 6.13. The van der Waals surface area contributed by atoms with E-state index >= 15 is 0 Å². The third-order valence-corrected chi connectivity index (χ3v) is 1.60. The van der Waals surface area contributed by atoms with Gasteiger partial charge in [-0.2, -0.15) is 6.07 Å². The number of amides is 1. The molecule has 0 bridgehead atoms. The maximum Gasteiger partial charge on any atom is 2.00 e. The molecule has 0 fully saturated rings. The number of aromatic nitrogens is 1. The number of carbonyl (C=O) groups excluding carboxylic acids is 1. The predicted octanol–water partition coefficient (Wildman–Crippen LogP) is 1.46. The van der Waals surface area contributed by atoms with E-state index in [1.807, 2.05) is 13.8 Å². The molecular weight excluding hydrogens is 402 g/mol. The minimum absolute atomic E-state index is 0. The monoisotopic (exact) mass is 414 g/mol. The Labute approximate surface area is 108 Å². The maximum absolute atomic E-state index is 11.1. The van der Waals surface area contributed by atoms with Gasteiger partial charge in [-0.3, -0.25) is 4.98 Å². The van der Waals surface area contributed by atoms with E-state index < -0.39 is 0 Å². The summed E-state index contributed by atoms with van der Waals surface area (Å²) in [6.07, 6.45) is 1.63. The fourth-order valence-corrected chi connectivity index (χ4v) is 1.10. The third-order valence-electron chi connectivity index (χ3n) is 1.60. The molecule has 1 aromatic rings. The van der Waals surface area contributed by atoms with Crippen molar-refractivity contribution in [2.24, 2.45) is 0 Å². The maximum atomic E-state index is 11.1. The van der Waals surface area contributed by atoms with Gasteiger partial charge in [-0.25, -0.2) is 12.1 Å². The number of hydrogen-bond acceptors (Lipinski definition) is 2. The zero-order valence-electron chi connectivity index (χ0n) is 8.32. The predicted molar refractivity (Wildman–Crippen MR) is 51.1 cm³/mol. The molecule has 0 radical (unpaired) electrons. The van der Waals surface area contributed by atoms with Crippen LogP contribution in [0.15, 0.2) is 18.3 Å². The Morgan fingerprint density at radius 2 is 2.29 bits per heavy atom. The van der Waals surface area contributed by atoms with Crippen LogP contribution in [0.5, 0.6) is 0 Å². The molecule has 0 N–H and O–H groups in total. The van der Waals surface area contributed by atoms with Gasteiger partial charge in [0.15, 0.2) is 0 Å². The van der Waals surface area contributed by atoms with Gasteiger partial charge in [-0.15, -0.1) is 0 Å². The van der Waals surface area contributed by atoms with Gasteiger partial charge in [-0.05, 0) is 13.8 Å². The van der Waals surface area contributed by atoms with E-state index in [1.165, 1.54) is 4.90 Å². The zero-order chi connectivity index (χ0) is 9.84. The largest absolute Gasteiger partial charge is 2.00 e. The minimum Gasteiger partial charge on any atom is -0.336 e. The van der Waals surface area contributed by atoms with Crippen molar-refractivity contribution in [2.75, 3.05) is 4.90 Å². The number of anilines is 1.